The van der Waals surface area contributed by atoms with E-state index >= 15 is 0 Å². The maximum absolute atomic E-state index is 12.4. The lowest BCUT2D eigenvalue weighted by Crippen LogP contribution is -2.15. The molecule has 1 aromatic carbocycles. The van der Waals surface area contributed by atoms with E-state index in [1.54, 1.807) is 35.3 Å². The lowest BCUT2D eigenvalue weighted by molar-refractivity contribution is 0.0940. The van der Waals surface area contributed by atoms with Crippen LogP contribution in [0.4, 0.5) is 5.69 Å². The topological polar surface area (TPSA) is 65.4 Å². The molecule has 1 amide bonds. The highest BCUT2D eigenvalue weighted by Gasteiger charge is 2.17. The monoisotopic (exact) mass is 335 g/mol. The molecule has 122 valence electrons. The van der Waals surface area contributed by atoms with Crippen molar-refractivity contribution in [1.82, 2.24) is 9.78 Å². The van der Waals surface area contributed by atoms with Crippen molar-refractivity contribution in [2.24, 2.45) is 0 Å². The molecule has 3 rings (SSSR count). The summed E-state index contributed by atoms with van der Waals surface area (Å²) in [7, 11) is 1.50. The van der Waals surface area contributed by atoms with Crippen molar-refractivity contribution in [1.29, 1.82) is 0 Å². The van der Waals surface area contributed by atoms with Gasteiger partial charge in [0.2, 0.25) is 0 Å². The van der Waals surface area contributed by atoms with Crippen LogP contribution in [0.15, 0.2) is 30.6 Å². The van der Waals surface area contributed by atoms with Crippen LogP contribution in [-0.2, 0) is 11.3 Å². The highest BCUT2D eigenvalue weighted by atomic mass is 35.5. The third kappa shape index (κ3) is 3.83. The van der Waals surface area contributed by atoms with Crippen LogP contribution in [0.2, 0.25) is 5.02 Å². The van der Waals surface area contributed by atoms with Gasteiger partial charge in [-0.15, -0.1) is 0 Å². The Balaban J connectivity index is 1.67. The molecule has 6 nitrogen and oxygen atoms in total. The molecule has 0 saturated carbocycles. The molecule has 2 aromatic rings. The quantitative estimate of drug-likeness (QED) is 0.912. The molecule has 1 atom stereocenters. The minimum atomic E-state index is -0.268. The van der Waals surface area contributed by atoms with Crippen LogP contribution in [0, 0.1) is 0 Å². The van der Waals surface area contributed by atoms with Crippen molar-refractivity contribution >= 4 is 23.2 Å². The molecule has 1 aliphatic heterocycles. The van der Waals surface area contributed by atoms with E-state index in [-0.39, 0.29) is 12.0 Å². The Morgan fingerprint density at radius 3 is 3.17 bits per heavy atom. The summed E-state index contributed by atoms with van der Waals surface area (Å²) < 4.78 is 12.6. The molecule has 1 N–H and O–H groups in total. The van der Waals surface area contributed by atoms with Gasteiger partial charge < -0.3 is 14.8 Å². The zero-order chi connectivity index (χ0) is 16.2. The van der Waals surface area contributed by atoms with Gasteiger partial charge in [0, 0.05) is 17.8 Å². The lowest BCUT2D eigenvalue weighted by atomic mass is 10.2. The molecule has 0 unspecified atom stereocenters. The number of methoxy groups -OCH3 is 1. The van der Waals surface area contributed by atoms with E-state index in [1.807, 2.05) is 0 Å². The molecule has 1 saturated heterocycles. The Bertz CT molecular complexity index is 696. The van der Waals surface area contributed by atoms with Crippen molar-refractivity contribution in [3.8, 4) is 5.75 Å². The van der Waals surface area contributed by atoms with E-state index in [0.717, 1.165) is 19.4 Å². The first-order valence-corrected chi connectivity index (χ1v) is 7.82. The van der Waals surface area contributed by atoms with Gasteiger partial charge in [0.05, 0.1) is 37.2 Å². The second-order valence-electron chi connectivity index (χ2n) is 5.38. The van der Waals surface area contributed by atoms with Crippen LogP contribution in [0.1, 0.15) is 23.2 Å². The zero-order valence-electron chi connectivity index (χ0n) is 12.8. The predicted octanol–water partition coefficient (Wildman–Crippen LogP) is 2.98. The molecular weight excluding hydrogens is 318 g/mol. The summed E-state index contributed by atoms with van der Waals surface area (Å²) >= 11 is 5.91. The second kappa shape index (κ2) is 7.02. The van der Waals surface area contributed by atoms with Crippen molar-refractivity contribution in [2.75, 3.05) is 19.0 Å². The van der Waals surface area contributed by atoms with Crippen LogP contribution in [0.5, 0.6) is 5.75 Å². The third-order valence-electron chi connectivity index (χ3n) is 3.71. The smallest absolute Gasteiger partial charge is 0.259 e. The van der Waals surface area contributed by atoms with Crippen LogP contribution in [0.25, 0.3) is 0 Å². The summed E-state index contributed by atoms with van der Waals surface area (Å²) in [5.74, 6) is 0.164. The van der Waals surface area contributed by atoms with E-state index < -0.39 is 0 Å². The molecule has 1 aliphatic rings. The summed E-state index contributed by atoms with van der Waals surface area (Å²) in [6.45, 7) is 1.51. The Morgan fingerprint density at radius 2 is 2.43 bits per heavy atom. The second-order valence-corrected chi connectivity index (χ2v) is 5.82. The lowest BCUT2D eigenvalue weighted by Gasteiger charge is -2.09. The van der Waals surface area contributed by atoms with Crippen molar-refractivity contribution in [2.45, 2.75) is 25.5 Å². The zero-order valence-corrected chi connectivity index (χ0v) is 13.5. The molecule has 0 aliphatic carbocycles. The van der Waals surface area contributed by atoms with Gasteiger partial charge in [-0.05, 0) is 31.0 Å². The fraction of sp³-hybridized carbons (Fsp3) is 0.375. The Morgan fingerprint density at radius 1 is 1.57 bits per heavy atom. The predicted molar refractivity (Wildman–Crippen MR) is 87.2 cm³/mol. The van der Waals surface area contributed by atoms with Crippen LogP contribution in [0.3, 0.4) is 0 Å². The number of aromatic nitrogens is 2. The maximum Gasteiger partial charge on any atom is 0.259 e. The number of carbonyl (C=O) groups excluding carboxylic acids is 1. The minimum absolute atomic E-state index is 0.204. The number of ether oxygens (including phenoxy) is 2. The number of anilines is 1. The van der Waals surface area contributed by atoms with Crippen LogP contribution >= 0.6 is 11.6 Å². The first-order chi connectivity index (χ1) is 11.2. The van der Waals surface area contributed by atoms with Gasteiger partial charge in [-0.3, -0.25) is 9.48 Å². The van der Waals surface area contributed by atoms with Crippen molar-refractivity contribution in [3.05, 3.63) is 41.2 Å². The Hall–Kier alpha value is -2.05. The molecule has 2 heterocycles. The number of amides is 1. The van der Waals surface area contributed by atoms with E-state index in [0.29, 0.717) is 28.6 Å². The van der Waals surface area contributed by atoms with E-state index in [2.05, 4.69) is 10.4 Å². The molecule has 1 fully saturated rings. The summed E-state index contributed by atoms with van der Waals surface area (Å²) in [6.07, 6.45) is 5.75. The van der Waals surface area contributed by atoms with Gasteiger partial charge >= 0.3 is 0 Å². The number of nitrogens with one attached hydrogen (secondary N) is 1. The summed E-state index contributed by atoms with van der Waals surface area (Å²) in [5.41, 5.74) is 1.05. The number of hydrogen-bond donors (Lipinski definition) is 1. The standard InChI is InChI=1S/C16H18ClN3O3/c1-22-15-7-11(17)4-5-14(15)16(21)19-12-8-18-20(9-12)10-13-3-2-6-23-13/h4-5,7-9,13H,2-3,6,10H2,1H3,(H,19,21)/t13-/m1/s1. The first kappa shape index (κ1) is 15.8. The van der Waals surface area contributed by atoms with Gasteiger partial charge in [0.15, 0.2) is 0 Å². The number of carbonyl (C=O) groups is 1. The molecule has 0 radical (unpaired) electrons. The van der Waals surface area contributed by atoms with E-state index in [4.69, 9.17) is 21.1 Å². The summed E-state index contributed by atoms with van der Waals surface area (Å²) in [4.78, 5) is 12.4. The van der Waals surface area contributed by atoms with Crippen LogP contribution < -0.4 is 10.1 Å². The maximum atomic E-state index is 12.4. The summed E-state index contributed by atoms with van der Waals surface area (Å²) in [6, 6.07) is 4.89. The van der Waals surface area contributed by atoms with Gasteiger partial charge in [-0.2, -0.15) is 5.10 Å². The van der Waals surface area contributed by atoms with E-state index in [1.165, 1.54) is 7.11 Å². The Labute approximate surface area is 139 Å². The fourth-order valence-electron chi connectivity index (χ4n) is 2.58. The van der Waals surface area contributed by atoms with Gasteiger partial charge in [-0.1, -0.05) is 11.6 Å². The van der Waals surface area contributed by atoms with Crippen LogP contribution in [-0.4, -0.2) is 35.5 Å². The first-order valence-electron chi connectivity index (χ1n) is 7.44. The van der Waals surface area contributed by atoms with E-state index in [9.17, 15) is 4.79 Å². The SMILES string of the molecule is COc1cc(Cl)ccc1C(=O)Nc1cnn(C[C@H]2CCCO2)c1. The van der Waals surface area contributed by atoms with Crippen molar-refractivity contribution in [3.63, 3.8) is 0 Å². The summed E-state index contributed by atoms with van der Waals surface area (Å²) in [5, 5.41) is 7.58. The highest BCUT2D eigenvalue weighted by Crippen LogP contribution is 2.24. The number of benzene rings is 1. The van der Waals surface area contributed by atoms with Gasteiger partial charge in [0.1, 0.15) is 5.75 Å². The fourth-order valence-corrected chi connectivity index (χ4v) is 2.74. The number of halogens is 1. The molecule has 23 heavy (non-hydrogen) atoms. The van der Waals surface area contributed by atoms with Gasteiger partial charge in [0.25, 0.3) is 5.91 Å². The normalized spacial score (nSPS) is 17.2. The average Bonchev–Trinajstić information content (AvgIpc) is 3.19. The number of hydrogen-bond acceptors (Lipinski definition) is 4. The molecule has 0 spiro atoms. The molecule has 7 heteroatoms. The van der Waals surface area contributed by atoms with Gasteiger partial charge in [-0.25, -0.2) is 0 Å². The minimum Gasteiger partial charge on any atom is -0.496 e. The Kier molecular flexibility index (Phi) is 4.83. The highest BCUT2D eigenvalue weighted by molar-refractivity contribution is 6.31. The number of rotatable bonds is 5. The molecule has 0 bridgehead atoms. The molecular formula is C16H18ClN3O3. The third-order valence-corrected chi connectivity index (χ3v) is 3.95. The van der Waals surface area contributed by atoms with Crippen molar-refractivity contribution < 1.29 is 14.3 Å². The largest absolute Gasteiger partial charge is 0.496 e. The number of nitrogens with zero attached hydrogens (tertiary/aromatic N) is 2. The molecule has 1 aromatic heterocycles. The average molecular weight is 336 g/mol.